The summed E-state index contributed by atoms with van der Waals surface area (Å²) in [5.74, 6) is -0.00204. The Bertz CT molecular complexity index is 974. The van der Waals surface area contributed by atoms with Crippen molar-refractivity contribution in [1.29, 1.82) is 0 Å². The van der Waals surface area contributed by atoms with E-state index >= 15 is 0 Å². The lowest BCUT2D eigenvalue weighted by atomic mass is 10.0. The molecule has 0 bridgehead atoms. The summed E-state index contributed by atoms with van der Waals surface area (Å²) in [6.45, 7) is 1.06. The molecule has 0 radical (unpaired) electrons. The Morgan fingerprint density at radius 3 is 2.62 bits per heavy atom. The average Bonchev–Trinajstić information content (AvgIpc) is 3.00. The molecular formula is C19H19ClN2O3S. The lowest BCUT2D eigenvalue weighted by molar-refractivity contribution is 0.0985. The number of amides is 1. The summed E-state index contributed by atoms with van der Waals surface area (Å²) < 4.78 is 25.7. The molecule has 136 valence electrons. The Morgan fingerprint density at radius 2 is 1.85 bits per heavy atom. The van der Waals surface area contributed by atoms with E-state index in [-0.39, 0.29) is 11.7 Å². The van der Waals surface area contributed by atoms with E-state index in [9.17, 15) is 13.2 Å². The topological polar surface area (TPSA) is 57.7 Å². The number of aryl methyl sites for hydroxylation is 1. The standard InChI is InChI=1S/C19H19ClN2O3S/c20-17-9-2-5-14-7-3-10-21(18(14)17)19(23)15-6-1-8-16(13-15)22-11-4-12-26(22,24)25/h1-2,5-6,8-9,13H,3-4,7,10-12H2. The van der Waals surface area contributed by atoms with E-state index < -0.39 is 10.0 Å². The van der Waals surface area contributed by atoms with E-state index in [4.69, 9.17) is 11.6 Å². The highest BCUT2D eigenvalue weighted by Crippen LogP contribution is 2.35. The van der Waals surface area contributed by atoms with Crippen LogP contribution in [0.15, 0.2) is 42.5 Å². The van der Waals surface area contributed by atoms with Gasteiger partial charge in [-0.05, 0) is 49.1 Å². The monoisotopic (exact) mass is 390 g/mol. The molecule has 0 spiro atoms. The second-order valence-electron chi connectivity index (χ2n) is 6.60. The third-order valence-corrected chi connectivity index (χ3v) is 7.07. The minimum Gasteiger partial charge on any atom is -0.307 e. The Kier molecular flexibility index (Phi) is 4.40. The van der Waals surface area contributed by atoms with E-state index in [1.54, 1.807) is 35.2 Å². The molecule has 0 N–H and O–H groups in total. The predicted octanol–water partition coefficient (Wildman–Crippen LogP) is 3.47. The first-order valence-electron chi connectivity index (χ1n) is 8.67. The summed E-state index contributed by atoms with van der Waals surface area (Å²) in [7, 11) is -3.28. The van der Waals surface area contributed by atoms with Crippen molar-refractivity contribution >= 4 is 38.9 Å². The average molecular weight is 391 g/mol. The molecule has 2 aromatic rings. The van der Waals surface area contributed by atoms with Crippen LogP contribution in [0.5, 0.6) is 0 Å². The van der Waals surface area contributed by atoms with Gasteiger partial charge in [0.2, 0.25) is 10.0 Å². The van der Waals surface area contributed by atoms with Crippen molar-refractivity contribution in [2.75, 3.05) is 28.0 Å². The molecule has 2 aromatic carbocycles. The Morgan fingerprint density at radius 1 is 1.04 bits per heavy atom. The Hall–Kier alpha value is -2.05. The van der Waals surface area contributed by atoms with Crippen LogP contribution in [0.3, 0.4) is 0 Å². The van der Waals surface area contributed by atoms with Gasteiger partial charge in [0.15, 0.2) is 0 Å². The van der Waals surface area contributed by atoms with Crippen LogP contribution >= 0.6 is 11.6 Å². The first-order chi connectivity index (χ1) is 12.5. The van der Waals surface area contributed by atoms with Crippen LogP contribution in [-0.2, 0) is 16.4 Å². The number of sulfonamides is 1. The zero-order chi connectivity index (χ0) is 18.3. The zero-order valence-electron chi connectivity index (χ0n) is 14.2. The minimum absolute atomic E-state index is 0.153. The maximum atomic E-state index is 13.1. The van der Waals surface area contributed by atoms with E-state index in [0.29, 0.717) is 35.8 Å². The number of hydrogen-bond donors (Lipinski definition) is 0. The number of hydrogen-bond acceptors (Lipinski definition) is 3. The molecule has 0 unspecified atom stereocenters. The third kappa shape index (κ3) is 2.97. The van der Waals surface area contributed by atoms with Gasteiger partial charge in [-0.25, -0.2) is 8.42 Å². The lowest BCUT2D eigenvalue weighted by Crippen LogP contribution is -2.36. The molecule has 0 saturated carbocycles. The van der Waals surface area contributed by atoms with Crippen molar-refractivity contribution in [3.8, 4) is 0 Å². The fraction of sp³-hybridized carbons (Fsp3) is 0.316. The number of carbonyl (C=O) groups excluding carboxylic acids is 1. The van der Waals surface area contributed by atoms with Crippen molar-refractivity contribution in [3.05, 3.63) is 58.6 Å². The maximum Gasteiger partial charge on any atom is 0.258 e. The second kappa shape index (κ2) is 6.59. The number of fused-ring (bicyclic) bond motifs is 1. The Labute approximate surface area is 158 Å². The highest BCUT2D eigenvalue weighted by Gasteiger charge is 2.30. The molecule has 0 aromatic heterocycles. The van der Waals surface area contributed by atoms with Gasteiger partial charge in [-0.1, -0.05) is 29.8 Å². The van der Waals surface area contributed by atoms with Crippen molar-refractivity contribution in [2.45, 2.75) is 19.3 Å². The number of anilines is 2. The van der Waals surface area contributed by atoms with Crippen LogP contribution in [0, 0.1) is 0 Å². The highest BCUT2D eigenvalue weighted by molar-refractivity contribution is 7.93. The van der Waals surface area contributed by atoms with Crippen molar-refractivity contribution in [1.82, 2.24) is 0 Å². The molecule has 0 aliphatic carbocycles. The van der Waals surface area contributed by atoms with Crippen LogP contribution in [0.25, 0.3) is 0 Å². The number of para-hydroxylation sites is 1. The van der Waals surface area contributed by atoms with E-state index in [0.717, 1.165) is 24.1 Å². The number of rotatable bonds is 2. The van der Waals surface area contributed by atoms with E-state index in [1.807, 2.05) is 12.1 Å². The van der Waals surface area contributed by atoms with Crippen molar-refractivity contribution in [2.24, 2.45) is 0 Å². The zero-order valence-corrected chi connectivity index (χ0v) is 15.8. The number of halogens is 1. The van der Waals surface area contributed by atoms with Crippen LogP contribution in [-0.4, -0.2) is 33.2 Å². The molecule has 1 amide bonds. The van der Waals surface area contributed by atoms with Gasteiger partial charge in [-0.15, -0.1) is 0 Å². The van der Waals surface area contributed by atoms with E-state index in [2.05, 4.69) is 0 Å². The van der Waals surface area contributed by atoms with Crippen LogP contribution < -0.4 is 9.21 Å². The first kappa shape index (κ1) is 17.4. The van der Waals surface area contributed by atoms with Crippen LogP contribution in [0.4, 0.5) is 11.4 Å². The summed E-state index contributed by atoms with van der Waals surface area (Å²) in [6.07, 6.45) is 2.38. The SMILES string of the molecule is O=C(c1cccc(N2CCCS2(=O)=O)c1)N1CCCc2cccc(Cl)c21. The van der Waals surface area contributed by atoms with Gasteiger partial charge in [-0.2, -0.15) is 0 Å². The molecular weight excluding hydrogens is 372 g/mol. The van der Waals surface area contributed by atoms with Crippen molar-refractivity contribution in [3.63, 3.8) is 0 Å². The summed E-state index contributed by atoms with van der Waals surface area (Å²) in [6, 6.07) is 12.5. The summed E-state index contributed by atoms with van der Waals surface area (Å²) >= 11 is 6.36. The third-order valence-electron chi connectivity index (χ3n) is 4.89. The minimum atomic E-state index is -3.28. The smallest absolute Gasteiger partial charge is 0.258 e. The maximum absolute atomic E-state index is 13.1. The normalized spacial score (nSPS) is 18.7. The summed E-state index contributed by atoms with van der Waals surface area (Å²) in [5.41, 5.74) is 2.85. The molecule has 26 heavy (non-hydrogen) atoms. The number of carbonyl (C=O) groups is 1. The van der Waals surface area contributed by atoms with Crippen LogP contribution in [0.2, 0.25) is 5.02 Å². The number of nitrogens with zero attached hydrogens (tertiary/aromatic N) is 2. The van der Waals surface area contributed by atoms with Gasteiger partial charge in [0.25, 0.3) is 5.91 Å². The van der Waals surface area contributed by atoms with Crippen molar-refractivity contribution < 1.29 is 13.2 Å². The molecule has 0 atom stereocenters. The van der Waals surface area contributed by atoms with Crippen LogP contribution in [0.1, 0.15) is 28.8 Å². The molecule has 2 aliphatic heterocycles. The van der Waals surface area contributed by atoms with Gasteiger partial charge < -0.3 is 4.90 Å². The molecule has 5 nitrogen and oxygen atoms in total. The molecule has 4 rings (SSSR count). The molecule has 2 heterocycles. The summed E-state index contributed by atoms with van der Waals surface area (Å²) in [5, 5.41) is 0.564. The van der Waals surface area contributed by atoms with Gasteiger partial charge >= 0.3 is 0 Å². The highest BCUT2D eigenvalue weighted by atomic mass is 35.5. The Balaban J connectivity index is 1.70. The second-order valence-corrected chi connectivity index (χ2v) is 9.02. The predicted molar refractivity (Wildman–Crippen MR) is 104 cm³/mol. The van der Waals surface area contributed by atoms with Gasteiger partial charge in [0.05, 0.1) is 22.2 Å². The quantitative estimate of drug-likeness (QED) is 0.788. The number of benzene rings is 2. The van der Waals surface area contributed by atoms with Gasteiger partial charge in [-0.3, -0.25) is 9.10 Å². The first-order valence-corrected chi connectivity index (χ1v) is 10.7. The molecule has 2 aliphatic rings. The van der Waals surface area contributed by atoms with Gasteiger partial charge in [0.1, 0.15) is 0 Å². The fourth-order valence-electron chi connectivity index (χ4n) is 3.69. The molecule has 1 fully saturated rings. The lowest BCUT2D eigenvalue weighted by Gasteiger charge is -2.30. The molecule has 1 saturated heterocycles. The summed E-state index contributed by atoms with van der Waals surface area (Å²) in [4.78, 5) is 14.8. The molecule has 7 heteroatoms. The van der Waals surface area contributed by atoms with E-state index in [1.165, 1.54) is 4.31 Å². The van der Waals surface area contributed by atoms with Gasteiger partial charge in [0, 0.05) is 18.7 Å². The fourth-order valence-corrected chi connectivity index (χ4v) is 5.54. The largest absolute Gasteiger partial charge is 0.307 e.